The van der Waals surface area contributed by atoms with E-state index in [2.05, 4.69) is 20.5 Å². The first-order chi connectivity index (χ1) is 25.9. The Morgan fingerprint density at radius 3 is 0.983 bits per heavy atom. The van der Waals surface area contributed by atoms with E-state index in [9.17, 15) is 62.1 Å². The molecule has 0 unspecified atom stereocenters. The number of anilines is 2. The molecule has 0 aliphatic carbocycles. The molecule has 0 amide bonds. The summed E-state index contributed by atoms with van der Waals surface area (Å²) in [5.74, 6) is -1.70. The number of hydrogen-bond acceptors (Lipinski definition) is 16. The third kappa shape index (κ3) is 11.7. The maximum absolute atomic E-state index is 12.2. The first-order valence-corrected chi connectivity index (χ1v) is 20.8. The average molecular weight is 937 g/mol. The summed E-state index contributed by atoms with van der Waals surface area (Å²) < 4.78 is 134. The van der Waals surface area contributed by atoms with Crippen LogP contribution in [0.4, 0.5) is 34.1 Å². The summed E-state index contributed by atoms with van der Waals surface area (Å²) in [6, 6.07) is 17.2. The van der Waals surface area contributed by atoms with Crippen LogP contribution < -0.4 is 11.5 Å². The minimum Gasteiger partial charge on any atom is -0.505 e. The Labute approximate surface area is 429 Å². The Bertz CT molecular complexity index is 2960. The van der Waals surface area contributed by atoms with E-state index in [-0.39, 0.29) is 163 Å². The van der Waals surface area contributed by atoms with Gasteiger partial charge in [-0.3, -0.25) is 18.2 Å². The van der Waals surface area contributed by atoms with Crippen molar-refractivity contribution in [3.05, 3.63) is 84.9 Å². The van der Waals surface area contributed by atoms with Gasteiger partial charge in [0, 0.05) is 140 Å². The van der Waals surface area contributed by atoms with Crippen molar-refractivity contribution in [3.8, 4) is 22.6 Å². The van der Waals surface area contributed by atoms with E-state index >= 15 is 0 Å². The van der Waals surface area contributed by atoms with E-state index in [1.807, 2.05) is 0 Å². The summed E-state index contributed by atoms with van der Waals surface area (Å²) in [5.41, 5.74) is 11.1. The Balaban J connectivity index is 0.00000310. The number of nitrogens with zero attached hydrogens (tertiary/aromatic N) is 4. The number of phenols is 2. The molecular formula is C32H24N6Na4O14S4. The quantitative estimate of drug-likeness (QED) is 0.0427. The normalized spacial score (nSPS) is 12.1. The second kappa shape index (κ2) is 20.2. The van der Waals surface area contributed by atoms with Gasteiger partial charge in [0.25, 0.3) is 40.5 Å². The zero-order valence-corrected chi connectivity index (χ0v) is 42.9. The van der Waals surface area contributed by atoms with Crippen LogP contribution in [0.1, 0.15) is 0 Å². The van der Waals surface area contributed by atoms with Crippen molar-refractivity contribution in [3.63, 3.8) is 0 Å². The van der Waals surface area contributed by atoms with E-state index in [0.29, 0.717) is 11.1 Å². The number of benzene rings is 6. The molecule has 0 spiro atoms. The van der Waals surface area contributed by atoms with E-state index in [4.69, 9.17) is 11.5 Å². The molecule has 0 atom stereocenters. The van der Waals surface area contributed by atoms with Crippen LogP contribution in [0.25, 0.3) is 32.7 Å². The molecule has 0 heterocycles. The summed E-state index contributed by atoms with van der Waals surface area (Å²) in [6.45, 7) is 0. The zero-order chi connectivity index (χ0) is 41.1. The maximum atomic E-state index is 12.2. The molecule has 0 aliphatic rings. The van der Waals surface area contributed by atoms with Gasteiger partial charge in [0.1, 0.15) is 21.2 Å². The predicted octanol–water partition coefficient (Wildman–Crippen LogP) is 4.53. The number of fused-ring (bicyclic) bond motifs is 2. The molecule has 0 bridgehead atoms. The van der Waals surface area contributed by atoms with Gasteiger partial charge in [-0.1, -0.05) is 24.3 Å². The van der Waals surface area contributed by atoms with Gasteiger partial charge in [0.15, 0.2) is 11.5 Å². The Kier molecular flexibility index (Phi) is 18.1. The molecule has 0 saturated carbocycles. The van der Waals surface area contributed by atoms with Crippen LogP contribution in [0.5, 0.6) is 11.5 Å². The van der Waals surface area contributed by atoms with Crippen LogP contribution >= 0.6 is 0 Å². The fourth-order valence-corrected chi connectivity index (χ4v) is 7.94. The van der Waals surface area contributed by atoms with E-state index in [0.717, 1.165) is 36.4 Å². The molecule has 4 radical (unpaired) electrons. The molecule has 294 valence electrons. The molecule has 0 aliphatic heterocycles. The van der Waals surface area contributed by atoms with Gasteiger partial charge in [-0.2, -0.15) is 43.9 Å². The van der Waals surface area contributed by atoms with Gasteiger partial charge in [0.05, 0.1) is 21.2 Å². The fraction of sp³-hybridized carbons (Fsp3) is 0. The van der Waals surface area contributed by atoms with Crippen molar-refractivity contribution < 1.29 is 62.1 Å². The molecule has 0 aromatic heterocycles. The zero-order valence-electron chi connectivity index (χ0n) is 31.6. The number of rotatable bonds is 9. The smallest absolute Gasteiger partial charge is 0.296 e. The number of nitrogen functional groups attached to an aromatic ring is 2. The van der Waals surface area contributed by atoms with Crippen LogP contribution in [0, 0.1) is 0 Å². The summed E-state index contributed by atoms with van der Waals surface area (Å²) in [4.78, 5) is -3.26. The molecule has 0 saturated heterocycles. The van der Waals surface area contributed by atoms with E-state index < -0.39 is 82.9 Å². The second-order valence-electron chi connectivity index (χ2n) is 11.8. The number of nitrogens with two attached hydrogens (primary N) is 2. The third-order valence-corrected chi connectivity index (χ3v) is 11.5. The van der Waals surface area contributed by atoms with Gasteiger partial charge in [-0.05, 0) is 82.6 Å². The van der Waals surface area contributed by atoms with E-state index in [1.54, 1.807) is 24.3 Å². The standard InChI is InChI=1S/C32H24N6O14S4.4Na/c33-23-13-21(53(41,42)43)9-17-11-25(55(47,48)49)29(31(39)27(17)23)37-35-19-5-1-15(2-6-19)16-3-7-20(8-4-16)36-38-30-26(56(50,51)52)12-18-10-22(54(44,45)46)14-24(34)28(18)32(30)40;;;;/h1-14,39-40H,33-34H2,(H,41,42,43)(H,44,45,46)(H,47,48,49)(H,50,51,52);;;;. The van der Waals surface area contributed by atoms with Crippen molar-refractivity contribution in [2.45, 2.75) is 19.6 Å². The summed E-state index contributed by atoms with van der Waals surface area (Å²) >= 11 is 0. The van der Waals surface area contributed by atoms with Crippen molar-refractivity contribution in [1.82, 2.24) is 0 Å². The first kappa shape index (κ1) is 54.0. The van der Waals surface area contributed by atoms with Gasteiger partial charge < -0.3 is 21.7 Å². The van der Waals surface area contributed by atoms with Crippen LogP contribution in [0.3, 0.4) is 0 Å². The molecule has 20 nitrogen and oxygen atoms in total. The second-order valence-corrected chi connectivity index (χ2v) is 17.4. The van der Waals surface area contributed by atoms with Crippen molar-refractivity contribution in [1.29, 1.82) is 0 Å². The van der Waals surface area contributed by atoms with Crippen molar-refractivity contribution >= 4 is 214 Å². The molecule has 60 heavy (non-hydrogen) atoms. The number of phenolic OH excluding ortho intramolecular Hbond substituents is 2. The number of aromatic hydroxyl groups is 2. The van der Waals surface area contributed by atoms with Crippen LogP contribution in [0.2, 0.25) is 0 Å². The monoisotopic (exact) mass is 936 g/mol. The summed E-state index contributed by atoms with van der Waals surface area (Å²) in [6.07, 6.45) is 0. The van der Waals surface area contributed by atoms with Gasteiger partial charge in [-0.15, -0.1) is 10.2 Å². The van der Waals surface area contributed by atoms with Gasteiger partial charge in [-0.25, -0.2) is 0 Å². The van der Waals surface area contributed by atoms with Crippen molar-refractivity contribution in [2.75, 3.05) is 11.5 Å². The summed E-state index contributed by atoms with van der Waals surface area (Å²) in [5, 5.41) is 36.3. The topological polar surface area (TPSA) is 359 Å². The average Bonchev–Trinajstić information content (AvgIpc) is 3.09. The van der Waals surface area contributed by atoms with Crippen LogP contribution in [0.15, 0.2) is 125 Å². The first-order valence-electron chi connectivity index (χ1n) is 15.1. The van der Waals surface area contributed by atoms with Gasteiger partial charge >= 0.3 is 0 Å². The fourth-order valence-electron chi connectivity index (χ4n) is 5.52. The third-order valence-electron chi connectivity index (χ3n) is 8.06. The molecular weight excluding hydrogens is 913 g/mol. The Hall–Kier alpha value is -2.12. The van der Waals surface area contributed by atoms with E-state index in [1.165, 1.54) is 24.3 Å². The molecule has 6 aromatic rings. The number of azo groups is 2. The predicted molar refractivity (Wildman–Crippen MR) is 223 cm³/mol. The molecule has 6 rings (SSSR count). The number of hydrogen-bond donors (Lipinski definition) is 8. The van der Waals surface area contributed by atoms with Gasteiger partial charge in [0.2, 0.25) is 0 Å². The molecule has 28 heteroatoms. The molecule has 0 fully saturated rings. The largest absolute Gasteiger partial charge is 0.505 e. The minimum atomic E-state index is -5.07. The maximum Gasteiger partial charge on any atom is 0.296 e. The van der Waals surface area contributed by atoms with Crippen LogP contribution in [-0.4, -0.2) is 180 Å². The minimum absolute atomic E-state index is 0. The summed E-state index contributed by atoms with van der Waals surface area (Å²) in [7, 11) is -19.7. The molecule has 10 N–H and O–H groups in total. The van der Waals surface area contributed by atoms with Crippen LogP contribution in [-0.2, 0) is 40.5 Å². The Morgan fingerprint density at radius 1 is 0.417 bits per heavy atom. The van der Waals surface area contributed by atoms with Crippen molar-refractivity contribution in [2.24, 2.45) is 20.5 Å². The molecule has 6 aromatic carbocycles. The Morgan fingerprint density at radius 2 is 0.717 bits per heavy atom. The SMILES string of the molecule is Nc1cc(S(=O)(=O)O)cc2cc(S(=O)(=O)O)c(N=Nc3ccc(-c4ccc(N=Nc5c(S(=O)(=O)O)cc6cc(S(=O)(=O)O)cc(N)c6c5O)cc4)cc3)c(O)c12.[Na].[Na].[Na].[Na].